The maximum atomic E-state index is 2.40. The first-order valence-electron chi connectivity index (χ1n) is 4.03. The number of rotatable bonds is 1. The average molecular weight is 124 g/mol. The molecule has 1 fully saturated rings. The van der Waals surface area contributed by atoms with Gasteiger partial charge in [-0.3, -0.25) is 0 Å². The highest BCUT2D eigenvalue weighted by Crippen LogP contribution is 2.30. The SMILES string of the molecule is CC/C=C1/CCCC1C. The molecule has 1 unspecified atom stereocenters. The molecule has 1 atom stereocenters. The van der Waals surface area contributed by atoms with Crippen molar-refractivity contribution in [3.63, 3.8) is 0 Å². The topological polar surface area (TPSA) is 0 Å². The number of allylic oxidation sites excluding steroid dienone is 2. The molecular weight excluding hydrogens is 108 g/mol. The number of hydrogen-bond donors (Lipinski definition) is 0. The Kier molecular flexibility index (Phi) is 2.32. The maximum Gasteiger partial charge on any atom is -0.0232 e. The van der Waals surface area contributed by atoms with E-state index in [4.69, 9.17) is 0 Å². The maximum absolute atomic E-state index is 2.40. The fourth-order valence-corrected chi connectivity index (χ4v) is 1.61. The Morgan fingerprint density at radius 2 is 2.44 bits per heavy atom. The highest BCUT2D eigenvalue weighted by Gasteiger charge is 2.14. The average Bonchev–Trinajstić information content (AvgIpc) is 2.18. The van der Waals surface area contributed by atoms with E-state index >= 15 is 0 Å². The zero-order chi connectivity index (χ0) is 6.69. The first-order chi connectivity index (χ1) is 4.34. The van der Waals surface area contributed by atoms with Gasteiger partial charge >= 0.3 is 0 Å². The van der Waals surface area contributed by atoms with Gasteiger partial charge in [0.1, 0.15) is 0 Å². The van der Waals surface area contributed by atoms with E-state index in [0.29, 0.717) is 0 Å². The van der Waals surface area contributed by atoms with Crippen LogP contribution in [0, 0.1) is 5.92 Å². The molecule has 0 N–H and O–H groups in total. The highest BCUT2D eigenvalue weighted by atomic mass is 14.2. The van der Waals surface area contributed by atoms with Gasteiger partial charge in [-0.1, -0.05) is 25.5 Å². The van der Waals surface area contributed by atoms with Gasteiger partial charge in [-0.05, 0) is 31.6 Å². The van der Waals surface area contributed by atoms with E-state index in [0.717, 1.165) is 5.92 Å². The van der Waals surface area contributed by atoms with Crippen LogP contribution in [-0.2, 0) is 0 Å². The molecule has 1 rings (SSSR count). The summed E-state index contributed by atoms with van der Waals surface area (Å²) in [4.78, 5) is 0. The molecule has 1 aliphatic carbocycles. The van der Waals surface area contributed by atoms with Gasteiger partial charge in [-0.25, -0.2) is 0 Å². The fraction of sp³-hybridized carbons (Fsp3) is 0.778. The van der Waals surface area contributed by atoms with E-state index < -0.39 is 0 Å². The third kappa shape index (κ3) is 1.57. The van der Waals surface area contributed by atoms with Crippen LogP contribution in [0.4, 0.5) is 0 Å². The molecule has 0 saturated heterocycles. The van der Waals surface area contributed by atoms with Crippen molar-refractivity contribution in [2.45, 2.75) is 39.5 Å². The lowest BCUT2D eigenvalue weighted by Crippen LogP contribution is -1.86. The summed E-state index contributed by atoms with van der Waals surface area (Å²) in [5.41, 5.74) is 1.71. The Labute approximate surface area is 58.0 Å². The largest absolute Gasteiger partial charge is 0.0853 e. The van der Waals surface area contributed by atoms with Gasteiger partial charge in [0.05, 0.1) is 0 Å². The van der Waals surface area contributed by atoms with E-state index in [-0.39, 0.29) is 0 Å². The standard InChI is InChI=1S/C9H16/c1-3-5-9-7-4-6-8(9)2/h5,8H,3-4,6-7H2,1-2H3/b9-5-. The van der Waals surface area contributed by atoms with Crippen molar-refractivity contribution in [2.75, 3.05) is 0 Å². The zero-order valence-electron chi connectivity index (χ0n) is 6.48. The fourth-order valence-electron chi connectivity index (χ4n) is 1.61. The molecule has 1 aliphatic rings. The van der Waals surface area contributed by atoms with Crippen LogP contribution in [0.2, 0.25) is 0 Å². The molecule has 1 saturated carbocycles. The van der Waals surface area contributed by atoms with Gasteiger partial charge in [-0.15, -0.1) is 0 Å². The summed E-state index contributed by atoms with van der Waals surface area (Å²) in [6, 6.07) is 0. The van der Waals surface area contributed by atoms with Crippen LogP contribution in [0.3, 0.4) is 0 Å². The van der Waals surface area contributed by atoms with E-state index in [1.165, 1.54) is 25.7 Å². The highest BCUT2D eigenvalue weighted by molar-refractivity contribution is 5.09. The molecule has 0 heteroatoms. The number of hydrogen-bond acceptors (Lipinski definition) is 0. The smallest absolute Gasteiger partial charge is 0.0232 e. The van der Waals surface area contributed by atoms with Crippen molar-refractivity contribution in [3.8, 4) is 0 Å². The second kappa shape index (κ2) is 3.05. The van der Waals surface area contributed by atoms with Crippen molar-refractivity contribution in [3.05, 3.63) is 11.6 Å². The molecule has 9 heavy (non-hydrogen) atoms. The first-order valence-corrected chi connectivity index (χ1v) is 4.03. The second-order valence-corrected chi connectivity index (χ2v) is 2.98. The van der Waals surface area contributed by atoms with Gasteiger partial charge in [0.15, 0.2) is 0 Å². The van der Waals surface area contributed by atoms with Crippen molar-refractivity contribution >= 4 is 0 Å². The third-order valence-corrected chi connectivity index (χ3v) is 2.20. The predicted molar refractivity (Wildman–Crippen MR) is 41.4 cm³/mol. The lowest BCUT2D eigenvalue weighted by Gasteiger charge is -2.01. The molecule has 0 nitrogen and oxygen atoms in total. The minimum atomic E-state index is 0.893. The van der Waals surface area contributed by atoms with Gasteiger partial charge in [0, 0.05) is 0 Å². The van der Waals surface area contributed by atoms with Crippen LogP contribution >= 0.6 is 0 Å². The van der Waals surface area contributed by atoms with Gasteiger partial charge < -0.3 is 0 Å². The Hall–Kier alpha value is -0.260. The van der Waals surface area contributed by atoms with Crippen molar-refractivity contribution in [1.82, 2.24) is 0 Å². The molecule has 0 aromatic carbocycles. The van der Waals surface area contributed by atoms with Crippen molar-refractivity contribution < 1.29 is 0 Å². The molecule has 0 spiro atoms. The minimum absolute atomic E-state index is 0.893. The molecule has 52 valence electrons. The predicted octanol–water partition coefficient (Wildman–Crippen LogP) is 3.14. The summed E-state index contributed by atoms with van der Waals surface area (Å²) in [6.45, 7) is 4.56. The lowest BCUT2D eigenvalue weighted by atomic mass is 10.0. The zero-order valence-corrected chi connectivity index (χ0v) is 6.48. The van der Waals surface area contributed by atoms with E-state index in [1.54, 1.807) is 5.57 Å². The van der Waals surface area contributed by atoms with E-state index in [9.17, 15) is 0 Å². The molecule has 0 aromatic heterocycles. The van der Waals surface area contributed by atoms with Gasteiger partial charge in [0.25, 0.3) is 0 Å². The van der Waals surface area contributed by atoms with Crippen molar-refractivity contribution in [1.29, 1.82) is 0 Å². The van der Waals surface area contributed by atoms with Crippen molar-refractivity contribution in [2.24, 2.45) is 5.92 Å². The molecule has 0 aliphatic heterocycles. The van der Waals surface area contributed by atoms with E-state index in [2.05, 4.69) is 19.9 Å². The third-order valence-electron chi connectivity index (χ3n) is 2.20. The monoisotopic (exact) mass is 124 g/mol. The summed E-state index contributed by atoms with van der Waals surface area (Å²) in [5, 5.41) is 0. The lowest BCUT2D eigenvalue weighted by molar-refractivity contribution is 0.694. The molecule has 0 aromatic rings. The molecule has 0 amide bonds. The second-order valence-electron chi connectivity index (χ2n) is 2.98. The van der Waals surface area contributed by atoms with E-state index in [1.807, 2.05) is 0 Å². The summed E-state index contributed by atoms with van der Waals surface area (Å²) < 4.78 is 0. The Morgan fingerprint density at radius 1 is 1.67 bits per heavy atom. The Bertz CT molecular complexity index is 111. The van der Waals surface area contributed by atoms with Crippen LogP contribution in [0.15, 0.2) is 11.6 Å². The van der Waals surface area contributed by atoms with Crippen LogP contribution in [0.5, 0.6) is 0 Å². The molecular formula is C9H16. The van der Waals surface area contributed by atoms with Gasteiger partial charge in [-0.2, -0.15) is 0 Å². The van der Waals surface area contributed by atoms with Crippen LogP contribution in [0.1, 0.15) is 39.5 Å². The normalized spacial score (nSPS) is 31.8. The Balaban J connectivity index is 2.48. The minimum Gasteiger partial charge on any atom is -0.0853 e. The molecule has 0 radical (unpaired) electrons. The molecule has 0 heterocycles. The van der Waals surface area contributed by atoms with Crippen LogP contribution in [-0.4, -0.2) is 0 Å². The Morgan fingerprint density at radius 3 is 2.89 bits per heavy atom. The summed E-state index contributed by atoms with van der Waals surface area (Å²) in [6.07, 6.45) is 7.84. The van der Waals surface area contributed by atoms with Crippen LogP contribution < -0.4 is 0 Å². The summed E-state index contributed by atoms with van der Waals surface area (Å²) in [5.74, 6) is 0.893. The quantitative estimate of drug-likeness (QED) is 0.471. The first kappa shape index (κ1) is 6.85. The molecule has 0 bridgehead atoms. The summed E-state index contributed by atoms with van der Waals surface area (Å²) in [7, 11) is 0. The van der Waals surface area contributed by atoms with Crippen LogP contribution in [0.25, 0.3) is 0 Å². The summed E-state index contributed by atoms with van der Waals surface area (Å²) >= 11 is 0. The van der Waals surface area contributed by atoms with Gasteiger partial charge in [0.2, 0.25) is 0 Å².